The van der Waals surface area contributed by atoms with Gasteiger partial charge in [0.25, 0.3) is 0 Å². The van der Waals surface area contributed by atoms with Gasteiger partial charge in [-0.25, -0.2) is 4.79 Å². The average Bonchev–Trinajstić information content (AvgIpc) is 2.64. The molecule has 0 aliphatic rings. The summed E-state index contributed by atoms with van der Waals surface area (Å²) in [6.07, 6.45) is 0. The molecular formula is C12H10BrNO3. The van der Waals surface area contributed by atoms with Crippen LogP contribution in [0.15, 0.2) is 27.2 Å². The second-order valence-electron chi connectivity index (χ2n) is 3.70. The van der Waals surface area contributed by atoms with Crippen LogP contribution in [-0.2, 0) is 0 Å². The predicted octanol–water partition coefficient (Wildman–Crippen LogP) is 3.42. The summed E-state index contributed by atoms with van der Waals surface area (Å²) in [4.78, 5) is 11.2. The smallest absolute Gasteiger partial charge is 0.341 e. The third-order valence-electron chi connectivity index (χ3n) is 2.52. The summed E-state index contributed by atoms with van der Waals surface area (Å²) in [7, 11) is 0. The summed E-state index contributed by atoms with van der Waals surface area (Å²) in [5, 5.41) is 13.0. The number of carboxylic acid groups (broad SMARTS) is 1. The maximum atomic E-state index is 11.2. The van der Waals surface area contributed by atoms with Crippen LogP contribution in [0.5, 0.6) is 0 Å². The molecule has 0 amide bonds. The standard InChI is InChI=1S/C12H10BrNO3/c1-6-4-3-5-8(10(6)13)11-9(12(15)16)7(2)17-14-11/h3-5H,1-2H3,(H,15,16). The molecule has 0 unspecified atom stereocenters. The molecule has 0 saturated carbocycles. The Bertz CT molecular complexity index is 589. The zero-order valence-electron chi connectivity index (χ0n) is 9.32. The van der Waals surface area contributed by atoms with Crippen LogP contribution < -0.4 is 0 Å². The minimum absolute atomic E-state index is 0.108. The normalized spacial score (nSPS) is 10.5. The van der Waals surface area contributed by atoms with E-state index in [4.69, 9.17) is 9.63 Å². The SMILES string of the molecule is Cc1cccc(-c2noc(C)c2C(=O)O)c1Br. The molecule has 2 rings (SSSR count). The molecule has 5 heteroatoms. The van der Waals surface area contributed by atoms with Crippen LogP contribution in [-0.4, -0.2) is 16.2 Å². The number of carboxylic acids is 1. The van der Waals surface area contributed by atoms with Gasteiger partial charge in [0, 0.05) is 10.0 Å². The average molecular weight is 296 g/mol. The first kappa shape index (κ1) is 11.9. The molecule has 1 N–H and O–H groups in total. The Labute approximate surface area is 106 Å². The first-order valence-corrected chi connectivity index (χ1v) is 5.76. The maximum Gasteiger partial charge on any atom is 0.341 e. The lowest BCUT2D eigenvalue weighted by atomic mass is 10.0. The number of halogens is 1. The number of aromatic nitrogens is 1. The Balaban J connectivity index is 2.69. The zero-order chi connectivity index (χ0) is 12.6. The Morgan fingerprint density at radius 2 is 2.12 bits per heavy atom. The number of aryl methyl sites for hydroxylation is 2. The summed E-state index contributed by atoms with van der Waals surface area (Å²) in [6.45, 7) is 3.52. The predicted molar refractivity (Wildman–Crippen MR) is 66.1 cm³/mol. The summed E-state index contributed by atoms with van der Waals surface area (Å²) in [5.74, 6) is -0.729. The van der Waals surface area contributed by atoms with Crippen molar-refractivity contribution in [1.82, 2.24) is 5.16 Å². The van der Waals surface area contributed by atoms with Gasteiger partial charge in [0.05, 0.1) is 0 Å². The van der Waals surface area contributed by atoms with E-state index in [9.17, 15) is 4.79 Å². The van der Waals surface area contributed by atoms with Crippen molar-refractivity contribution in [3.05, 3.63) is 39.6 Å². The lowest BCUT2D eigenvalue weighted by molar-refractivity contribution is 0.0696. The van der Waals surface area contributed by atoms with Gasteiger partial charge in [-0.1, -0.05) is 23.4 Å². The molecule has 0 aliphatic carbocycles. The Morgan fingerprint density at radius 3 is 2.76 bits per heavy atom. The molecular weight excluding hydrogens is 286 g/mol. The van der Waals surface area contributed by atoms with Gasteiger partial charge < -0.3 is 9.63 Å². The maximum absolute atomic E-state index is 11.2. The molecule has 0 radical (unpaired) electrons. The van der Waals surface area contributed by atoms with Gasteiger partial charge in [0.2, 0.25) is 0 Å². The quantitative estimate of drug-likeness (QED) is 0.922. The summed E-state index contributed by atoms with van der Waals surface area (Å²) in [5.41, 5.74) is 2.20. The fraction of sp³-hybridized carbons (Fsp3) is 0.167. The van der Waals surface area contributed by atoms with Crippen molar-refractivity contribution in [1.29, 1.82) is 0 Å². The molecule has 1 aromatic heterocycles. The molecule has 0 spiro atoms. The van der Waals surface area contributed by atoms with E-state index in [1.54, 1.807) is 13.0 Å². The fourth-order valence-electron chi connectivity index (χ4n) is 1.64. The summed E-state index contributed by atoms with van der Waals surface area (Å²) < 4.78 is 5.78. The molecule has 1 aromatic carbocycles. The van der Waals surface area contributed by atoms with Gasteiger partial charge >= 0.3 is 5.97 Å². The van der Waals surface area contributed by atoms with Crippen LogP contribution in [0, 0.1) is 13.8 Å². The van der Waals surface area contributed by atoms with Gasteiger partial charge in [0.15, 0.2) is 0 Å². The van der Waals surface area contributed by atoms with E-state index in [1.807, 2.05) is 19.1 Å². The van der Waals surface area contributed by atoms with Crippen molar-refractivity contribution >= 4 is 21.9 Å². The van der Waals surface area contributed by atoms with Crippen LogP contribution in [0.1, 0.15) is 21.7 Å². The minimum Gasteiger partial charge on any atom is -0.477 e. The molecule has 88 valence electrons. The van der Waals surface area contributed by atoms with Crippen LogP contribution in [0.2, 0.25) is 0 Å². The van der Waals surface area contributed by atoms with Crippen molar-refractivity contribution in [3.63, 3.8) is 0 Å². The van der Waals surface area contributed by atoms with E-state index < -0.39 is 5.97 Å². The third kappa shape index (κ3) is 1.98. The molecule has 17 heavy (non-hydrogen) atoms. The fourth-order valence-corrected chi connectivity index (χ4v) is 2.09. The highest BCUT2D eigenvalue weighted by atomic mass is 79.9. The van der Waals surface area contributed by atoms with Crippen LogP contribution in [0.3, 0.4) is 0 Å². The van der Waals surface area contributed by atoms with E-state index in [0.717, 1.165) is 15.6 Å². The number of benzene rings is 1. The second-order valence-corrected chi connectivity index (χ2v) is 4.50. The van der Waals surface area contributed by atoms with Gasteiger partial charge in [-0.15, -0.1) is 0 Å². The minimum atomic E-state index is -1.04. The first-order chi connectivity index (χ1) is 8.02. The van der Waals surface area contributed by atoms with Crippen LogP contribution in [0.25, 0.3) is 11.3 Å². The van der Waals surface area contributed by atoms with Gasteiger partial charge in [-0.05, 0) is 35.3 Å². The highest BCUT2D eigenvalue weighted by Crippen LogP contribution is 2.33. The zero-order valence-corrected chi connectivity index (χ0v) is 10.9. The van der Waals surface area contributed by atoms with Gasteiger partial charge in [-0.3, -0.25) is 0 Å². The van der Waals surface area contributed by atoms with Gasteiger partial charge in [-0.2, -0.15) is 0 Å². The van der Waals surface area contributed by atoms with E-state index in [-0.39, 0.29) is 5.56 Å². The highest BCUT2D eigenvalue weighted by Gasteiger charge is 2.22. The molecule has 0 bridgehead atoms. The third-order valence-corrected chi connectivity index (χ3v) is 3.58. The van der Waals surface area contributed by atoms with Crippen molar-refractivity contribution in [2.75, 3.05) is 0 Å². The number of carbonyl (C=O) groups is 1. The molecule has 0 atom stereocenters. The lowest BCUT2D eigenvalue weighted by Gasteiger charge is -2.04. The molecule has 1 heterocycles. The second kappa shape index (κ2) is 4.33. The molecule has 0 saturated heterocycles. The summed E-state index contributed by atoms with van der Waals surface area (Å²) in [6, 6.07) is 5.59. The van der Waals surface area contributed by atoms with E-state index in [0.29, 0.717) is 11.5 Å². The van der Waals surface area contributed by atoms with Gasteiger partial charge in [0.1, 0.15) is 17.0 Å². The number of nitrogens with zero attached hydrogens (tertiary/aromatic N) is 1. The number of aromatic carboxylic acids is 1. The monoisotopic (exact) mass is 295 g/mol. The van der Waals surface area contributed by atoms with Crippen molar-refractivity contribution in [2.45, 2.75) is 13.8 Å². The van der Waals surface area contributed by atoms with E-state index in [2.05, 4.69) is 21.1 Å². The Kier molecular flexibility index (Phi) is 3.02. The molecule has 0 fully saturated rings. The van der Waals surface area contributed by atoms with Crippen molar-refractivity contribution < 1.29 is 14.4 Å². The highest BCUT2D eigenvalue weighted by molar-refractivity contribution is 9.10. The number of rotatable bonds is 2. The van der Waals surface area contributed by atoms with Crippen molar-refractivity contribution in [3.8, 4) is 11.3 Å². The van der Waals surface area contributed by atoms with Crippen molar-refractivity contribution in [2.24, 2.45) is 0 Å². The first-order valence-electron chi connectivity index (χ1n) is 4.97. The Hall–Kier alpha value is -1.62. The largest absolute Gasteiger partial charge is 0.477 e. The molecule has 2 aromatic rings. The van der Waals surface area contributed by atoms with Crippen LogP contribution in [0.4, 0.5) is 0 Å². The summed E-state index contributed by atoms with van der Waals surface area (Å²) >= 11 is 3.43. The Morgan fingerprint density at radius 1 is 1.41 bits per heavy atom. The van der Waals surface area contributed by atoms with E-state index in [1.165, 1.54) is 0 Å². The lowest BCUT2D eigenvalue weighted by Crippen LogP contribution is -1.99. The topological polar surface area (TPSA) is 63.3 Å². The molecule has 4 nitrogen and oxygen atoms in total. The number of hydrogen-bond donors (Lipinski definition) is 1. The molecule has 0 aliphatic heterocycles. The van der Waals surface area contributed by atoms with E-state index >= 15 is 0 Å². The number of hydrogen-bond acceptors (Lipinski definition) is 3. The van der Waals surface area contributed by atoms with Crippen LogP contribution >= 0.6 is 15.9 Å².